The molecule has 0 aliphatic rings. The molecule has 17 heavy (non-hydrogen) atoms. The van der Waals surface area contributed by atoms with E-state index < -0.39 is 23.5 Å². The second-order valence-corrected chi connectivity index (χ2v) is 4.28. The first-order valence-electron chi connectivity index (χ1n) is 5.64. The quantitative estimate of drug-likeness (QED) is 0.857. The molecule has 94 valence electrons. The van der Waals surface area contributed by atoms with Gasteiger partial charge in [0.1, 0.15) is 11.6 Å². The first-order valence-corrected chi connectivity index (χ1v) is 5.64. The summed E-state index contributed by atoms with van der Waals surface area (Å²) in [5.41, 5.74) is 0.191. The molecular weight excluding hydrogens is 226 g/mol. The fourth-order valence-corrected chi connectivity index (χ4v) is 2.09. The topological polar surface area (TPSA) is 37.3 Å². The van der Waals surface area contributed by atoms with Crippen LogP contribution in [0.1, 0.15) is 38.2 Å². The number of halogens is 2. The van der Waals surface area contributed by atoms with Crippen molar-refractivity contribution in [1.29, 1.82) is 0 Å². The van der Waals surface area contributed by atoms with Crippen molar-refractivity contribution in [3.8, 4) is 0 Å². The van der Waals surface area contributed by atoms with E-state index in [0.717, 1.165) is 24.6 Å². The fourth-order valence-electron chi connectivity index (χ4n) is 2.09. The van der Waals surface area contributed by atoms with Gasteiger partial charge in [-0.25, -0.2) is 8.78 Å². The van der Waals surface area contributed by atoms with Crippen LogP contribution in [0.15, 0.2) is 18.2 Å². The Morgan fingerprint density at radius 2 is 1.82 bits per heavy atom. The summed E-state index contributed by atoms with van der Waals surface area (Å²) >= 11 is 0. The third kappa shape index (κ3) is 3.51. The lowest BCUT2D eigenvalue weighted by atomic mass is 9.84. The maximum absolute atomic E-state index is 13.1. The fraction of sp³-hybridized carbons (Fsp3) is 0.462. The minimum atomic E-state index is -1.05. The van der Waals surface area contributed by atoms with Gasteiger partial charge in [-0.1, -0.05) is 20.3 Å². The van der Waals surface area contributed by atoms with Gasteiger partial charge in [0.15, 0.2) is 0 Å². The third-order valence-corrected chi connectivity index (χ3v) is 2.82. The van der Waals surface area contributed by atoms with Crippen LogP contribution in [-0.4, -0.2) is 11.1 Å². The molecule has 0 radical (unpaired) electrons. The van der Waals surface area contributed by atoms with E-state index in [9.17, 15) is 13.6 Å². The number of hydrogen-bond donors (Lipinski definition) is 1. The largest absolute Gasteiger partial charge is 0.481 e. The number of aliphatic carboxylic acids is 1. The second-order valence-electron chi connectivity index (χ2n) is 4.28. The molecule has 2 unspecified atom stereocenters. The molecule has 0 saturated carbocycles. The third-order valence-electron chi connectivity index (χ3n) is 2.82. The maximum Gasteiger partial charge on any atom is 0.311 e. The second kappa shape index (κ2) is 5.75. The highest BCUT2D eigenvalue weighted by Gasteiger charge is 2.26. The van der Waals surface area contributed by atoms with E-state index in [4.69, 9.17) is 5.11 Å². The van der Waals surface area contributed by atoms with Gasteiger partial charge in [-0.2, -0.15) is 0 Å². The molecule has 4 heteroatoms. The number of carboxylic acid groups (broad SMARTS) is 1. The minimum absolute atomic E-state index is 0.154. The van der Waals surface area contributed by atoms with Crippen LogP contribution in [0.3, 0.4) is 0 Å². The summed E-state index contributed by atoms with van der Waals surface area (Å²) < 4.78 is 26.1. The zero-order valence-electron chi connectivity index (χ0n) is 9.91. The lowest BCUT2D eigenvalue weighted by Crippen LogP contribution is -2.20. The van der Waals surface area contributed by atoms with Crippen LogP contribution in [0.5, 0.6) is 0 Å². The highest BCUT2D eigenvalue weighted by molar-refractivity contribution is 5.76. The zero-order chi connectivity index (χ0) is 13.0. The summed E-state index contributed by atoms with van der Waals surface area (Å²) in [6.07, 6.45) is 1.54. The molecule has 0 saturated heterocycles. The van der Waals surface area contributed by atoms with Crippen LogP contribution >= 0.6 is 0 Å². The van der Waals surface area contributed by atoms with Crippen molar-refractivity contribution in [1.82, 2.24) is 0 Å². The van der Waals surface area contributed by atoms with E-state index >= 15 is 0 Å². The molecule has 1 N–H and O–H groups in total. The zero-order valence-corrected chi connectivity index (χ0v) is 9.91. The molecule has 1 aromatic carbocycles. The predicted octanol–water partition coefficient (Wildman–Crippen LogP) is 3.57. The highest BCUT2D eigenvalue weighted by atomic mass is 19.1. The van der Waals surface area contributed by atoms with E-state index in [0.29, 0.717) is 6.42 Å². The number of rotatable bonds is 5. The van der Waals surface area contributed by atoms with Crippen molar-refractivity contribution in [2.24, 2.45) is 5.92 Å². The van der Waals surface area contributed by atoms with Crippen LogP contribution in [0.25, 0.3) is 0 Å². The Hall–Kier alpha value is -1.45. The van der Waals surface area contributed by atoms with Crippen LogP contribution in [-0.2, 0) is 4.79 Å². The summed E-state index contributed by atoms with van der Waals surface area (Å²) in [7, 11) is 0. The molecule has 0 bridgehead atoms. The van der Waals surface area contributed by atoms with Gasteiger partial charge in [0.05, 0.1) is 5.92 Å². The summed E-state index contributed by atoms with van der Waals surface area (Å²) in [6.45, 7) is 3.73. The van der Waals surface area contributed by atoms with Gasteiger partial charge in [0.25, 0.3) is 0 Å². The monoisotopic (exact) mass is 242 g/mol. The first kappa shape index (κ1) is 13.6. The van der Waals surface area contributed by atoms with Crippen molar-refractivity contribution in [3.05, 3.63) is 35.4 Å². The molecule has 1 aromatic rings. The Kier molecular flexibility index (Phi) is 4.61. The predicted molar refractivity (Wildman–Crippen MR) is 60.8 cm³/mol. The minimum Gasteiger partial charge on any atom is -0.481 e. The van der Waals surface area contributed by atoms with Crippen molar-refractivity contribution in [2.45, 2.75) is 32.6 Å². The van der Waals surface area contributed by atoms with Gasteiger partial charge in [0.2, 0.25) is 0 Å². The molecule has 0 amide bonds. The highest BCUT2D eigenvalue weighted by Crippen LogP contribution is 2.29. The van der Waals surface area contributed by atoms with E-state index in [1.54, 1.807) is 6.92 Å². The lowest BCUT2D eigenvalue weighted by Gasteiger charge is -2.20. The number of carbonyl (C=O) groups is 1. The smallest absolute Gasteiger partial charge is 0.311 e. The molecule has 2 nitrogen and oxygen atoms in total. The number of hydrogen-bond acceptors (Lipinski definition) is 1. The van der Waals surface area contributed by atoms with Crippen molar-refractivity contribution < 1.29 is 18.7 Å². The van der Waals surface area contributed by atoms with Gasteiger partial charge in [-0.05, 0) is 30.0 Å². The first-order chi connectivity index (χ1) is 7.95. The number of carboxylic acids is 1. The molecular formula is C13H16F2O2. The van der Waals surface area contributed by atoms with Crippen molar-refractivity contribution in [3.63, 3.8) is 0 Å². The molecule has 0 aliphatic carbocycles. The van der Waals surface area contributed by atoms with Crippen LogP contribution in [0, 0.1) is 17.6 Å². The summed E-state index contributed by atoms with van der Waals surface area (Å²) in [4.78, 5) is 11.2. The van der Waals surface area contributed by atoms with Gasteiger partial charge in [-0.15, -0.1) is 0 Å². The van der Waals surface area contributed by atoms with E-state index in [1.165, 1.54) is 0 Å². The Morgan fingerprint density at radius 3 is 2.24 bits per heavy atom. The van der Waals surface area contributed by atoms with Crippen molar-refractivity contribution >= 4 is 5.97 Å². The Morgan fingerprint density at radius 1 is 1.29 bits per heavy atom. The van der Waals surface area contributed by atoms with E-state index in [-0.39, 0.29) is 11.5 Å². The van der Waals surface area contributed by atoms with Crippen LogP contribution in [0.2, 0.25) is 0 Å². The SMILES string of the molecule is CCCC(C)C(C(=O)O)c1cc(F)cc(F)c1. The molecule has 0 aromatic heterocycles. The van der Waals surface area contributed by atoms with E-state index in [1.807, 2.05) is 6.92 Å². The summed E-state index contributed by atoms with van der Waals surface area (Å²) in [5.74, 6) is -3.54. The number of benzene rings is 1. The maximum atomic E-state index is 13.1. The molecule has 0 aliphatic heterocycles. The molecule has 2 atom stereocenters. The Balaban J connectivity index is 3.09. The summed E-state index contributed by atoms with van der Waals surface area (Å²) in [6, 6.07) is 2.93. The lowest BCUT2D eigenvalue weighted by molar-refractivity contribution is -0.140. The van der Waals surface area contributed by atoms with Gasteiger partial charge >= 0.3 is 5.97 Å². The summed E-state index contributed by atoms with van der Waals surface area (Å²) in [5, 5.41) is 9.16. The van der Waals surface area contributed by atoms with Crippen molar-refractivity contribution in [2.75, 3.05) is 0 Å². The van der Waals surface area contributed by atoms with Crippen LogP contribution < -0.4 is 0 Å². The van der Waals surface area contributed by atoms with Crippen LogP contribution in [0.4, 0.5) is 8.78 Å². The Bertz CT molecular complexity index is 384. The molecule has 1 rings (SSSR count). The normalized spacial score (nSPS) is 14.4. The Labute approximate surface area is 99.3 Å². The molecule has 0 spiro atoms. The average Bonchev–Trinajstić information content (AvgIpc) is 2.15. The standard InChI is InChI=1S/C13H16F2O2/c1-3-4-8(2)12(13(16)17)9-5-10(14)7-11(15)6-9/h5-8,12H,3-4H2,1-2H3,(H,16,17). The van der Waals surface area contributed by atoms with E-state index in [2.05, 4.69) is 0 Å². The average molecular weight is 242 g/mol. The molecule has 0 heterocycles. The van der Waals surface area contributed by atoms with Gasteiger partial charge in [0, 0.05) is 6.07 Å². The van der Waals surface area contributed by atoms with Gasteiger partial charge in [-0.3, -0.25) is 4.79 Å². The van der Waals surface area contributed by atoms with Gasteiger partial charge < -0.3 is 5.11 Å². The molecule has 0 fully saturated rings.